The second-order valence-electron chi connectivity index (χ2n) is 5.35. The van der Waals surface area contributed by atoms with E-state index >= 15 is 0 Å². The van der Waals surface area contributed by atoms with E-state index in [0.717, 1.165) is 12.6 Å². The van der Waals surface area contributed by atoms with Crippen molar-refractivity contribution in [2.24, 2.45) is 5.73 Å². The molecular formula is C13H27N3S. The van der Waals surface area contributed by atoms with Crippen LogP contribution >= 0.6 is 11.8 Å². The van der Waals surface area contributed by atoms with Gasteiger partial charge in [0.2, 0.25) is 0 Å². The molecule has 2 unspecified atom stereocenters. The molecule has 0 aromatic heterocycles. The molecule has 0 amide bonds. The lowest BCUT2D eigenvalue weighted by atomic mass is 10.1. The zero-order valence-corrected chi connectivity index (χ0v) is 11.9. The summed E-state index contributed by atoms with van der Waals surface area (Å²) in [6, 6.07) is 1.46. The molecule has 2 aliphatic rings. The van der Waals surface area contributed by atoms with Crippen molar-refractivity contribution in [3.8, 4) is 0 Å². The molecule has 0 aromatic carbocycles. The molecule has 17 heavy (non-hydrogen) atoms. The Morgan fingerprint density at radius 3 is 3.00 bits per heavy atom. The van der Waals surface area contributed by atoms with Crippen LogP contribution in [0.15, 0.2) is 0 Å². The van der Waals surface area contributed by atoms with Crippen LogP contribution in [-0.2, 0) is 0 Å². The third-order valence-electron chi connectivity index (χ3n) is 4.29. The van der Waals surface area contributed by atoms with Crippen molar-refractivity contribution < 1.29 is 0 Å². The first-order chi connectivity index (χ1) is 8.35. The minimum absolute atomic E-state index is 0.630. The number of nitrogens with zero attached hydrogens (tertiary/aromatic N) is 2. The number of thioether (sulfide) groups is 1. The van der Waals surface area contributed by atoms with Gasteiger partial charge in [-0.3, -0.25) is 9.80 Å². The molecule has 0 aliphatic carbocycles. The van der Waals surface area contributed by atoms with Crippen LogP contribution in [0.25, 0.3) is 0 Å². The Balaban J connectivity index is 1.78. The van der Waals surface area contributed by atoms with Crippen LogP contribution < -0.4 is 5.73 Å². The molecule has 2 N–H and O–H groups in total. The molecule has 3 nitrogen and oxygen atoms in total. The summed E-state index contributed by atoms with van der Waals surface area (Å²) in [4.78, 5) is 5.33. The molecule has 2 saturated heterocycles. The highest BCUT2D eigenvalue weighted by atomic mass is 32.2. The summed E-state index contributed by atoms with van der Waals surface area (Å²) in [5.41, 5.74) is 5.96. The van der Waals surface area contributed by atoms with Crippen LogP contribution in [0.3, 0.4) is 0 Å². The van der Waals surface area contributed by atoms with Crippen molar-refractivity contribution >= 4 is 11.8 Å². The highest BCUT2D eigenvalue weighted by Gasteiger charge is 2.32. The highest BCUT2D eigenvalue weighted by Crippen LogP contribution is 2.23. The molecule has 2 rings (SSSR count). The van der Waals surface area contributed by atoms with Crippen molar-refractivity contribution in [1.29, 1.82) is 0 Å². The lowest BCUT2D eigenvalue weighted by Gasteiger charge is -2.41. The van der Waals surface area contributed by atoms with Crippen LogP contribution in [0, 0.1) is 0 Å². The lowest BCUT2D eigenvalue weighted by Crippen LogP contribution is -2.55. The molecule has 0 saturated carbocycles. The fraction of sp³-hybridized carbons (Fsp3) is 1.00. The molecule has 0 bridgehead atoms. The van der Waals surface area contributed by atoms with E-state index in [2.05, 4.69) is 16.1 Å². The van der Waals surface area contributed by atoms with E-state index in [1.807, 2.05) is 11.8 Å². The minimum atomic E-state index is 0.630. The Morgan fingerprint density at radius 1 is 1.35 bits per heavy atom. The Bertz CT molecular complexity index is 225. The van der Waals surface area contributed by atoms with Crippen LogP contribution in [0.1, 0.15) is 25.7 Å². The van der Waals surface area contributed by atoms with Gasteiger partial charge in [-0.25, -0.2) is 0 Å². The Hall–Kier alpha value is 0.230. The molecule has 100 valence electrons. The summed E-state index contributed by atoms with van der Waals surface area (Å²) < 4.78 is 0. The molecule has 2 fully saturated rings. The first kappa shape index (κ1) is 13.7. The zero-order chi connectivity index (χ0) is 12.1. The van der Waals surface area contributed by atoms with E-state index in [1.54, 1.807) is 0 Å². The summed E-state index contributed by atoms with van der Waals surface area (Å²) >= 11 is 1.95. The average Bonchev–Trinajstić information content (AvgIpc) is 2.82. The number of fused-ring (bicyclic) bond motifs is 1. The largest absolute Gasteiger partial charge is 0.329 e. The summed E-state index contributed by atoms with van der Waals surface area (Å²) in [7, 11) is 0. The third-order valence-corrected chi connectivity index (χ3v) is 4.99. The lowest BCUT2D eigenvalue weighted by molar-refractivity contribution is 0.0708. The van der Waals surface area contributed by atoms with Crippen molar-refractivity contribution in [2.45, 2.75) is 37.8 Å². The van der Waals surface area contributed by atoms with Gasteiger partial charge in [-0.05, 0) is 44.2 Å². The maximum absolute atomic E-state index is 5.96. The molecule has 0 spiro atoms. The predicted octanol–water partition coefficient (Wildman–Crippen LogP) is 1.24. The number of hydrogen-bond acceptors (Lipinski definition) is 4. The van der Waals surface area contributed by atoms with E-state index in [4.69, 9.17) is 5.73 Å². The first-order valence-corrected chi connectivity index (χ1v) is 8.41. The zero-order valence-electron chi connectivity index (χ0n) is 11.1. The van der Waals surface area contributed by atoms with Gasteiger partial charge in [0.1, 0.15) is 0 Å². The van der Waals surface area contributed by atoms with Gasteiger partial charge in [-0.2, -0.15) is 11.8 Å². The molecule has 2 atom stereocenters. The molecular weight excluding hydrogens is 230 g/mol. The summed E-state index contributed by atoms with van der Waals surface area (Å²) in [5.74, 6) is 1.28. The highest BCUT2D eigenvalue weighted by molar-refractivity contribution is 7.98. The fourth-order valence-corrected chi connectivity index (χ4v) is 3.71. The quantitative estimate of drug-likeness (QED) is 0.726. The van der Waals surface area contributed by atoms with Crippen molar-refractivity contribution in [1.82, 2.24) is 9.80 Å². The maximum Gasteiger partial charge on any atom is 0.0224 e. The number of nitrogens with two attached hydrogens (primary N) is 1. The molecule has 0 radical (unpaired) electrons. The minimum Gasteiger partial charge on any atom is -0.329 e. The average molecular weight is 257 g/mol. The topological polar surface area (TPSA) is 32.5 Å². The van der Waals surface area contributed by atoms with E-state index < -0.39 is 0 Å². The van der Waals surface area contributed by atoms with Crippen LogP contribution in [0.4, 0.5) is 0 Å². The maximum atomic E-state index is 5.96. The standard InChI is InChI=1S/C13H27N3S/c1-17-9-3-5-12(10-14)16-8-7-15-6-2-4-13(15)11-16/h12-13H,2-11,14H2,1H3. The van der Waals surface area contributed by atoms with E-state index in [1.165, 1.54) is 57.6 Å². The fourth-order valence-electron chi connectivity index (χ4n) is 3.26. The van der Waals surface area contributed by atoms with Gasteiger partial charge in [0.15, 0.2) is 0 Å². The third kappa shape index (κ3) is 3.60. The Kier molecular flexibility index (Phi) is 5.60. The van der Waals surface area contributed by atoms with Crippen LogP contribution in [-0.4, -0.2) is 66.6 Å². The molecule has 4 heteroatoms. The second-order valence-corrected chi connectivity index (χ2v) is 6.34. The van der Waals surface area contributed by atoms with Gasteiger partial charge in [0, 0.05) is 38.3 Å². The van der Waals surface area contributed by atoms with Gasteiger partial charge in [0.25, 0.3) is 0 Å². The van der Waals surface area contributed by atoms with Gasteiger partial charge in [0.05, 0.1) is 0 Å². The number of hydrogen-bond donors (Lipinski definition) is 1. The Morgan fingerprint density at radius 2 is 2.24 bits per heavy atom. The van der Waals surface area contributed by atoms with Crippen LogP contribution in [0.5, 0.6) is 0 Å². The summed E-state index contributed by atoms with van der Waals surface area (Å²) in [5, 5.41) is 0. The summed E-state index contributed by atoms with van der Waals surface area (Å²) in [6.45, 7) is 5.93. The van der Waals surface area contributed by atoms with Gasteiger partial charge < -0.3 is 5.73 Å². The van der Waals surface area contributed by atoms with Crippen LogP contribution in [0.2, 0.25) is 0 Å². The van der Waals surface area contributed by atoms with E-state index in [9.17, 15) is 0 Å². The van der Waals surface area contributed by atoms with Gasteiger partial charge in [-0.15, -0.1) is 0 Å². The van der Waals surface area contributed by atoms with Gasteiger partial charge in [-0.1, -0.05) is 0 Å². The first-order valence-electron chi connectivity index (χ1n) is 7.02. The van der Waals surface area contributed by atoms with Crippen molar-refractivity contribution in [3.05, 3.63) is 0 Å². The van der Waals surface area contributed by atoms with Gasteiger partial charge >= 0.3 is 0 Å². The normalized spacial score (nSPS) is 28.2. The van der Waals surface area contributed by atoms with Crippen molar-refractivity contribution in [2.75, 3.05) is 44.7 Å². The van der Waals surface area contributed by atoms with E-state index in [-0.39, 0.29) is 0 Å². The van der Waals surface area contributed by atoms with Crippen molar-refractivity contribution in [3.63, 3.8) is 0 Å². The summed E-state index contributed by atoms with van der Waals surface area (Å²) in [6.07, 6.45) is 7.59. The van der Waals surface area contributed by atoms with E-state index in [0.29, 0.717) is 6.04 Å². The number of rotatable bonds is 6. The Labute approximate surface area is 110 Å². The predicted molar refractivity (Wildman–Crippen MR) is 76.6 cm³/mol. The second kappa shape index (κ2) is 6.98. The molecule has 2 aliphatic heterocycles. The SMILES string of the molecule is CSCCCC(CN)N1CCN2CCCC2C1. The monoisotopic (exact) mass is 257 g/mol. The smallest absolute Gasteiger partial charge is 0.0224 e. The molecule has 0 aromatic rings. The number of piperazine rings is 1. The molecule has 2 heterocycles.